The zero-order valence-corrected chi connectivity index (χ0v) is 12.4. The fourth-order valence-electron chi connectivity index (χ4n) is 1.92. The van der Waals surface area contributed by atoms with E-state index in [4.69, 9.17) is 33.8 Å². The molecule has 1 aromatic heterocycles. The van der Waals surface area contributed by atoms with Crippen molar-refractivity contribution in [2.45, 2.75) is 13.0 Å². The molecule has 0 aliphatic carbocycles. The number of ether oxygens (including phenoxy) is 1. The molecule has 0 aliphatic heterocycles. The van der Waals surface area contributed by atoms with E-state index in [1.165, 1.54) is 0 Å². The van der Waals surface area contributed by atoms with E-state index in [1.807, 2.05) is 19.1 Å². The second-order valence-corrected chi connectivity index (χ2v) is 4.97. The maximum absolute atomic E-state index is 6.04. The number of nitrogens with zero attached hydrogens (tertiary/aromatic N) is 1. The number of halogens is 2. The molecule has 4 nitrogen and oxygen atoms in total. The Bertz CT molecular complexity index is 592. The first-order valence-electron chi connectivity index (χ1n) is 6.14. The summed E-state index contributed by atoms with van der Waals surface area (Å²) in [4.78, 5) is 4.16. The molecule has 0 radical (unpaired) electrons. The Morgan fingerprint density at radius 2 is 2.00 bits per heavy atom. The van der Waals surface area contributed by atoms with Crippen molar-refractivity contribution in [1.29, 1.82) is 0 Å². The van der Waals surface area contributed by atoms with E-state index in [-0.39, 0.29) is 6.04 Å². The molecule has 2 aromatic rings. The summed E-state index contributed by atoms with van der Waals surface area (Å²) in [6.07, 6.45) is 3.39. The molecule has 6 heteroatoms. The highest BCUT2D eigenvalue weighted by Crippen LogP contribution is 2.29. The number of hydrazine groups is 1. The van der Waals surface area contributed by atoms with Crippen LogP contribution >= 0.6 is 23.2 Å². The third-order valence-corrected chi connectivity index (χ3v) is 3.56. The van der Waals surface area contributed by atoms with E-state index in [0.717, 1.165) is 11.1 Å². The van der Waals surface area contributed by atoms with Gasteiger partial charge in [0.25, 0.3) is 0 Å². The number of aromatic nitrogens is 1. The van der Waals surface area contributed by atoms with Crippen LogP contribution in [-0.2, 0) is 0 Å². The van der Waals surface area contributed by atoms with Gasteiger partial charge in [-0.05, 0) is 36.2 Å². The molecule has 0 saturated heterocycles. The van der Waals surface area contributed by atoms with Gasteiger partial charge in [0.2, 0.25) is 0 Å². The number of benzene rings is 1. The third-order valence-electron chi connectivity index (χ3n) is 2.82. The Hall–Kier alpha value is -1.33. The minimum Gasteiger partial charge on any atom is -0.492 e. The van der Waals surface area contributed by atoms with Gasteiger partial charge in [0.15, 0.2) is 0 Å². The van der Waals surface area contributed by atoms with Crippen LogP contribution in [0.3, 0.4) is 0 Å². The van der Waals surface area contributed by atoms with Gasteiger partial charge in [-0.3, -0.25) is 10.8 Å². The molecule has 0 amide bonds. The van der Waals surface area contributed by atoms with E-state index in [1.54, 1.807) is 24.5 Å². The zero-order chi connectivity index (χ0) is 14.5. The number of hydrogen-bond donors (Lipinski definition) is 2. The minimum absolute atomic E-state index is 0.238. The van der Waals surface area contributed by atoms with Gasteiger partial charge in [-0.2, -0.15) is 0 Å². The molecule has 20 heavy (non-hydrogen) atoms. The standard InChI is InChI=1S/C14H15Cl2N3O/c1-2-20-11-5-10(7-18-8-11)14(19-17)9-3-4-12(15)13(16)6-9/h3-8,14,19H,2,17H2,1H3. The predicted octanol–water partition coefficient (Wildman–Crippen LogP) is 3.34. The van der Waals surface area contributed by atoms with Crippen LogP contribution in [0, 0.1) is 0 Å². The van der Waals surface area contributed by atoms with Gasteiger partial charge in [0.1, 0.15) is 5.75 Å². The van der Waals surface area contributed by atoms with Gasteiger partial charge in [-0.1, -0.05) is 29.3 Å². The Morgan fingerprint density at radius 3 is 2.65 bits per heavy atom. The van der Waals surface area contributed by atoms with Gasteiger partial charge < -0.3 is 4.74 Å². The lowest BCUT2D eigenvalue weighted by Crippen LogP contribution is -2.29. The number of nitrogens with two attached hydrogens (primary N) is 1. The van der Waals surface area contributed by atoms with Crippen molar-refractivity contribution in [3.63, 3.8) is 0 Å². The van der Waals surface area contributed by atoms with Crippen molar-refractivity contribution in [2.24, 2.45) is 5.84 Å². The van der Waals surface area contributed by atoms with Gasteiger partial charge >= 0.3 is 0 Å². The normalized spacial score (nSPS) is 12.2. The zero-order valence-electron chi connectivity index (χ0n) is 10.9. The summed E-state index contributed by atoms with van der Waals surface area (Å²) in [6.45, 7) is 2.50. The lowest BCUT2D eigenvalue weighted by atomic mass is 10.0. The van der Waals surface area contributed by atoms with Gasteiger partial charge in [0.05, 0.1) is 28.9 Å². The lowest BCUT2D eigenvalue weighted by Gasteiger charge is -2.17. The average molecular weight is 312 g/mol. The highest BCUT2D eigenvalue weighted by Gasteiger charge is 2.15. The molecular weight excluding hydrogens is 297 g/mol. The first kappa shape index (κ1) is 15.1. The summed E-state index contributed by atoms with van der Waals surface area (Å²) >= 11 is 12.0. The van der Waals surface area contributed by atoms with Crippen LogP contribution in [0.15, 0.2) is 36.7 Å². The van der Waals surface area contributed by atoms with Crippen LogP contribution in [0.1, 0.15) is 24.1 Å². The van der Waals surface area contributed by atoms with Crippen LogP contribution in [0.4, 0.5) is 0 Å². The van der Waals surface area contributed by atoms with Crippen molar-refractivity contribution in [2.75, 3.05) is 6.61 Å². The van der Waals surface area contributed by atoms with Crippen molar-refractivity contribution in [3.05, 3.63) is 57.8 Å². The van der Waals surface area contributed by atoms with Gasteiger partial charge in [0, 0.05) is 6.20 Å². The Labute approximate surface area is 127 Å². The Balaban J connectivity index is 2.36. The minimum atomic E-state index is -0.238. The van der Waals surface area contributed by atoms with E-state index >= 15 is 0 Å². The predicted molar refractivity (Wildman–Crippen MR) is 81.0 cm³/mol. The number of rotatable bonds is 5. The summed E-state index contributed by atoms with van der Waals surface area (Å²) in [6, 6.07) is 7.04. The molecule has 1 aromatic carbocycles. The molecule has 0 bridgehead atoms. The van der Waals surface area contributed by atoms with E-state index < -0.39 is 0 Å². The molecule has 1 atom stereocenters. The average Bonchev–Trinajstić information content (AvgIpc) is 2.44. The molecule has 0 fully saturated rings. The number of hydrogen-bond acceptors (Lipinski definition) is 4. The van der Waals surface area contributed by atoms with Crippen LogP contribution in [0.5, 0.6) is 5.75 Å². The molecule has 1 unspecified atom stereocenters. The first-order valence-corrected chi connectivity index (χ1v) is 6.90. The topological polar surface area (TPSA) is 60.2 Å². The molecule has 3 N–H and O–H groups in total. The molecular formula is C14H15Cl2N3O. The van der Waals surface area contributed by atoms with Gasteiger partial charge in [-0.15, -0.1) is 0 Å². The van der Waals surface area contributed by atoms with Crippen molar-refractivity contribution >= 4 is 23.2 Å². The summed E-state index contributed by atoms with van der Waals surface area (Å²) in [7, 11) is 0. The van der Waals surface area contributed by atoms with Crippen molar-refractivity contribution in [1.82, 2.24) is 10.4 Å². The monoisotopic (exact) mass is 311 g/mol. The first-order chi connectivity index (χ1) is 9.65. The van der Waals surface area contributed by atoms with Gasteiger partial charge in [-0.25, -0.2) is 5.43 Å². The second-order valence-electron chi connectivity index (χ2n) is 4.16. The largest absolute Gasteiger partial charge is 0.492 e. The quantitative estimate of drug-likeness (QED) is 0.657. The van der Waals surface area contributed by atoms with E-state index in [0.29, 0.717) is 22.4 Å². The van der Waals surface area contributed by atoms with Crippen molar-refractivity contribution in [3.8, 4) is 5.75 Å². The molecule has 1 heterocycles. The van der Waals surface area contributed by atoms with Crippen LogP contribution in [-0.4, -0.2) is 11.6 Å². The molecule has 0 saturated carbocycles. The van der Waals surface area contributed by atoms with Crippen LogP contribution in [0.2, 0.25) is 10.0 Å². The fraction of sp³-hybridized carbons (Fsp3) is 0.214. The Morgan fingerprint density at radius 1 is 1.20 bits per heavy atom. The van der Waals surface area contributed by atoms with Crippen LogP contribution in [0.25, 0.3) is 0 Å². The summed E-state index contributed by atoms with van der Waals surface area (Å²) < 4.78 is 5.44. The third kappa shape index (κ3) is 3.41. The second kappa shape index (κ2) is 6.90. The number of nitrogens with one attached hydrogen (secondary N) is 1. The summed E-state index contributed by atoms with van der Waals surface area (Å²) in [5, 5.41) is 0.991. The van der Waals surface area contributed by atoms with E-state index in [9.17, 15) is 0 Å². The van der Waals surface area contributed by atoms with E-state index in [2.05, 4.69) is 10.4 Å². The Kier molecular flexibility index (Phi) is 5.20. The summed E-state index contributed by atoms with van der Waals surface area (Å²) in [5.74, 6) is 6.35. The molecule has 0 spiro atoms. The highest BCUT2D eigenvalue weighted by atomic mass is 35.5. The van der Waals surface area contributed by atoms with Crippen molar-refractivity contribution < 1.29 is 4.74 Å². The molecule has 2 rings (SSSR count). The molecule has 106 valence electrons. The lowest BCUT2D eigenvalue weighted by molar-refractivity contribution is 0.338. The molecule has 0 aliphatic rings. The smallest absolute Gasteiger partial charge is 0.137 e. The highest BCUT2D eigenvalue weighted by molar-refractivity contribution is 6.42. The summed E-state index contributed by atoms with van der Waals surface area (Å²) in [5.41, 5.74) is 4.54. The maximum Gasteiger partial charge on any atom is 0.137 e. The van der Waals surface area contributed by atoms with Crippen LogP contribution < -0.4 is 16.0 Å². The number of pyridine rings is 1. The maximum atomic E-state index is 6.04. The fourth-order valence-corrected chi connectivity index (χ4v) is 2.22. The SMILES string of the molecule is CCOc1cncc(C(NN)c2ccc(Cl)c(Cl)c2)c1.